The summed E-state index contributed by atoms with van der Waals surface area (Å²) in [6.45, 7) is 1.79. The summed E-state index contributed by atoms with van der Waals surface area (Å²) in [4.78, 5) is 0. The highest BCUT2D eigenvalue weighted by Gasteiger charge is 2.05. The molecular formula is C9H6N2O. The quantitative estimate of drug-likeness (QED) is 0.585. The van der Waals surface area contributed by atoms with E-state index in [2.05, 4.69) is 4.74 Å². The van der Waals surface area contributed by atoms with E-state index in [1.807, 2.05) is 6.07 Å². The first-order valence-corrected chi connectivity index (χ1v) is 3.35. The molecule has 0 atom stereocenters. The number of nitriles is 2. The molecule has 0 aliphatic rings. The van der Waals surface area contributed by atoms with Gasteiger partial charge in [-0.3, -0.25) is 0 Å². The molecule has 0 aliphatic carbocycles. The van der Waals surface area contributed by atoms with Gasteiger partial charge in [0.25, 0.3) is 6.26 Å². The predicted octanol–water partition coefficient (Wildman–Crippen LogP) is 1.73. The number of nitrogens with zero attached hydrogens (tertiary/aromatic N) is 2. The van der Waals surface area contributed by atoms with Crippen molar-refractivity contribution in [3.63, 3.8) is 0 Å². The van der Waals surface area contributed by atoms with Crippen LogP contribution in [0.15, 0.2) is 18.2 Å². The average Bonchev–Trinajstić information content (AvgIpc) is 2.09. The smallest absolute Gasteiger partial charge is 0.292 e. The molecule has 1 aromatic carbocycles. The van der Waals surface area contributed by atoms with Crippen LogP contribution in [0.2, 0.25) is 0 Å². The number of ether oxygens (including phenoxy) is 1. The minimum Gasteiger partial charge on any atom is -0.386 e. The molecule has 58 valence electrons. The summed E-state index contributed by atoms with van der Waals surface area (Å²) in [5.74, 6) is 0.350. The fraction of sp³-hybridized carbons (Fsp3) is 0.111. The van der Waals surface area contributed by atoms with Gasteiger partial charge in [-0.25, -0.2) is 0 Å². The summed E-state index contributed by atoms with van der Waals surface area (Å²) in [7, 11) is 0. The van der Waals surface area contributed by atoms with Crippen molar-refractivity contribution in [2.24, 2.45) is 0 Å². The molecule has 0 N–H and O–H groups in total. The number of aryl methyl sites for hydroxylation is 1. The maximum absolute atomic E-state index is 8.63. The summed E-state index contributed by atoms with van der Waals surface area (Å²) < 4.78 is 4.64. The molecule has 0 aliphatic heterocycles. The number of rotatable bonds is 1. The lowest BCUT2D eigenvalue weighted by Gasteiger charge is -2.01. The average molecular weight is 158 g/mol. The Kier molecular flexibility index (Phi) is 2.30. The lowest BCUT2D eigenvalue weighted by molar-refractivity contribution is 0.501. The van der Waals surface area contributed by atoms with E-state index in [0.29, 0.717) is 11.3 Å². The third kappa shape index (κ3) is 1.36. The molecule has 0 fully saturated rings. The van der Waals surface area contributed by atoms with E-state index >= 15 is 0 Å². The first kappa shape index (κ1) is 8.10. The standard InChI is InChI=1S/C9H6N2O/c1-7-3-2-4-8(5-10)9(7)12-6-11/h2-4H,1H3. The normalized spacial score (nSPS) is 8.25. The Balaban J connectivity index is 3.24. The van der Waals surface area contributed by atoms with Gasteiger partial charge in [-0.15, -0.1) is 5.26 Å². The molecule has 0 unspecified atom stereocenters. The zero-order chi connectivity index (χ0) is 8.97. The van der Waals surface area contributed by atoms with Crippen LogP contribution in [0.3, 0.4) is 0 Å². The van der Waals surface area contributed by atoms with Gasteiger partial charge in [0.1, 0.15) is 6.07 Å². The summed E-state index contributed by atoms with van der Waals surface area (Å²) >= 11 is 0. The Bertz CT molecular complexity index is 371. The van der Waals surface area contributed by atoms with Crippen molar-refractivity contribution in [1.82, 2.24) is 0 Å². The van der Waals surface area contributed by atoms with Crippen molar-refractivity contribution >= 4 is 0 Å². The van der Waals surface area contributed by atoms with Crippen LogP contribution in [0.4, 0.5) is 0 Å². The van der Waals surface area contributed by atoms with Crippen molar-refractivity contribution in [3.8, 4) is 18.1 Å². The molecule has 3 heteroatoms. The molecule has 1 rings (SSSR count). The molecule has 1 aromatic rings. The Labute approximate surface area is 70.4 Å². The van der Waals surface area contributed by atoms with Gasteiger partial charge in [-0.2, -0.15) is 5.26 Å². The third-order valence-electron chi connectivity index (χ3n) is 1.48. The summed E-state index contributed by atoms with van der Waals surface area (Å²) in [6.07, 6.45) is 1.55. The van der Waals surface area contributed by atoms with E-state index < -0.39 is 0 Å². The number of hydrogen-bond acceptors (Lipinski definition) is 3. The molecular weight excluding hydrogens is 152 g/mol. The van der Waals surface area contributed by atoms with Crippen LogP contribution in [-0.2, 0) is 0 Å². The number of hydrogen-bond donors (Lipinski definition) is 0. The third-order valence-corrected chi connectivity index (χ3v) is 1.48. The van der Waals surface area contributed by atoms with Gasteiger partial charge in [-0.1, -0.05) is 12.1 Å². The summed E-state index contributed by atoms with van der Waals surface area (Å²) in [5.41, 5.74) is 1.17. The van der Waals surface area contributed by atoms with E-state index in [1.54, 1.807) is 31.4 Å². The molecule has 0 heterocycles. The maximum atomic E-state index is 8.63. The zero-order valence-electron chi connectivity index (χ0n) is 6.53. The predicted molar refractivity (Wildman–Crippen MR) is 42.1 cm³/mol. The van der Waals surface area contributed by atoms with Crippen molar-refractivity contribution in [2.45, 2.75) is 6.92 Å². The van der Waals surface area contributed by atoms with E-state index in [9.17, 15) is 0 Å². The highest BCUT2D eigenvalue weighted by molar-refractivity contribution is 5.48. The van der Waals surface area contributed by atoms with Crippen LogP contribution < -0.4 is 4.74 Å². The second-order valence-corrected chi connectivity index (χ2v) is 2.26. The minimum absolute atomic E-state index is 0.350. The zero-order valence-corrected chi connectivity index (χ0v) is 6.53. The fourth-order valence-corrected chi connectivity index (χ4v) is 0.922. The molecule has 0 amide bonds. The monoisotopic (exact) mass is 158 g/mol. The first-order valence-electron chi connectivity index (χ1n) is 3.35. The van der Waals surface area contributed by atoms with Gasteiger partial charge in [0.15, 0.2) is 5.75 Å². The van der Waals surface area contributed by atoms with E-state index in [-0.39, 0.29) is 0 Å². The Hall–Kier alpha value is -2.00. The minimum atomic E-state index is 0.350. The second-order valence-electron chi connectivity index (χ2n) is 2.26. The van der Waals surface area contributed by atoms with E-state index in [4.69, 9.17) is 10.5 Å². The summed E-state index contributed by atoms with van der Waals surface area (Å²) in [5, 5.41) is 16.9. The van der Waals surface area contributed by atoms with Crippen molar-refractivity contribution in [1.29, 1.82) is 10.5 Å². The molecule has 0 saturated carbocycles. The van der Waals surface area contributed by atoms with Crippen LogP contribution in [-0.4, -0.2) is 0 Å². The Morgan fingerprint density at radius 3 is 2.67 bits per heavy atom. The van der Waals surface area contributed by atoms with Gasteiger partial charge >= 0.3 is 0 Å². The second kappa shape index (κ2) is 3.41. The van der Waals surface area contributed by atoms with Crippen LogP contribution in [0.5, 0.6) is 5.75 Å². The highest BCUT2D eigenvalue weighted by atomic mass is 16.5. The topological polar surface area (TPSA) is 56.8 Å². The Morgan fingerprint density at radius 2 is 2.08 bits per heavy atom. The van der Waals surface area contributed by atoms with E-state index in [1.165, 1.54) is 0 Å². The van der Waals surface area contributed by atoms with Crippen LogP contribution in [0.25, 0.3) is 0 Å². The van der Waals surface area contributed by atoms with Gasteiger partial charge < -0.3 is 4.74 Å². The molecule has 3 nitrogen and oxygen atoms in total. The molecule has 0 aromatic heterocycles. The number of para-hydroxylation sites is 1. The van der Waals surface area contributed by atoms with E-state index in [0.717, 1.165) is 5.56 Å². The largest absolute Gasteiger partial charge is 0.386 e. The first-order chi connectivity index (χ1) is 5.79. The Morgan fingerprint density at radius 1 is 1.33 bits per heavy atom. The molecule has 0 bridgehead atoms. The SMILES string of the molecule is Cc1cccc(C#N)c1OC#N. The lowest BCUT2D eigenvalue weighted by Crippen LogP contribution is -1.89. The lowest BCUT2D eigenvalue weighted by atomic mass is 10.1. The van der Waals surface area contributed by atoms with Gasteiger partial charge in [0.2, 0.25) is 0 Å². The summed E-state index contributed by atoms with van der Waals surface area (Å²) in [6, 6.07) is 7.09. The molecule has 0 radical (unpaired) electrons. The van der Waals surface area contributed by atoms with Crippen molar-refractivity contribution < 1.29 is 4.74 Å². The highest BCUT2D eigenvalue weighted by Crippen LogP contribution is 2.21. The fourth-order valence-electron chi connectivity index (χ4n) is 0.922. The molecule has 12 heavy (non-hydrogen) atoms. The van der Waals surface area contributed by atoms with Gasteiger partial charge in [-0.05, 0) is 18.6 Å². The van der Waals surface area contributed by atoms with Crippen molar-refractivity contribution in [2.75, 3.05) is 0 Å². The van der Waals surface area contributed by atoms with Crippen molar-refractivity contribution in [3.05, 3.63) is 29.3 Å². The molecule has 0 saturated heterocycles. The van der Waals surface area contributed by atoms with Gasteiger partial charge in [0, 0.05) is 0 Å². The number of benzene rings is 1. The van der Waals surface area contributed by atoms with Crippen LogP contribution in [0, 0.1) is 29.8 Å². The van der Waals surface area contributed by atoms with Crippen LogP contribution >= 0.6 is 0 Å². The molecule has 0 spiro atoms. The maximum Gasteiger partial charge on any atom is 0.292 e. The van der Waals surface area contributed by atoms with Crippen LogP contribution in [0.1, 0.15) is 11.1 Å². The van der Waals surface area contributed by atoms with Gasteiger partial charge in [0.05, 0.1) is 5.56 Å².